The van der Waals surface area contributed by atoms with Crippen LogP contribution in [0.5, 0.6) is 0 Å². The van der Waals surface area contributed by atoms with Gasteiger partial charge in [-0.2, -0.15) is 0 Å². The monoisotopic (exact) mass is 340 g/mol. The van der Waals surface area contributed by atoms with Gasteiger partial charge in [0.1, 0.15) is 0 Å². The molecule has 2 heteroatoms. The van der Waals surface area contributed by atoms with Crippen LogP contribution in [0.2, 0.25) is 0 Å². The van der Waals surface area contributed by atoms with Crippen molar-refractivity contribution in [3.63, 3.8) is 0 Å². The van der Waals surface area contributed by atoms with Gasteiger partial charge in [0.2, 0.25) is 0 Å². The van der Waals surface area contributed by atoms with E-state index in [0.717, 1.165) is 13.0 Å². The summed E-state index contributed by atoms with van der Waals surface area (Å²) in [5.41, 5.74) is 8.10. The Hall–Kier alpha value is -1.57. The van der Waals surface area contributed by atoms with Gasteiger partial charge in [0.15, 0.2) is 0 Å². The molecule has 0 aliphatic heterocycles. The van der Waals surface area contributed by atoms with Gasteiger partial charge in [-0.05, 0) is 48.3 Å². The molecule has 25 heavy (non-hydrogen) atoms. The topological polar surface area (TPSA) is 24.4 Å². The van der Waals surface area contributed by atoms with E-state index in [4.69, 9.17) is 4.99 Å². The Morgan fingerprint density at radius 2 is 1.72 bits per heavy atom. The summed E-state index contributed by atoms with van der Waals surface area (Å²) in [5.74, 6) is 1.52. The predicted molar refractivity (Wildman–Crippen MR) is 112 cm³/mol. The molecule has 1 aliphatic carbocycles. The van der Waals surface area contributed by atoms with E-state index in [1.807, 2.05) is 0 Å². The van der Waals surface area contributed by atoms with Gasteiger partial charge >= 0.3 is 0 Å². The number of rotatable bonds is 7. The first-order chi connectivity index (χ1) is 11.9. The molecule has 138 valence electrons. The predicted octanol–water partition coefficient (Wildman–Crippen LogP) is 6.90. The number of hydrogen-bond acceptors (Lipinski definition) is 2. The van der Waals surface area contributed by atoms with E-state index in [1.54, 1.807) is 0 Å². The summed E-state index contributed by atoms with van der Waals surface area (Å²) in [5, 5.41) is 3.85. The van der Waals surface area contributed by atoms with Gasteiger partial charge in [-0.3, -0.25) is 4.99 Å². The number of para-hydroxylation sites is 1. The van der Waals surface area contributed by atoms with Crippen LogP contribution in [0.25, 0.3) is 0 Å². The Bertz CT molecular complexity index is 624. The Morgan fingerprint density at radius 3 is 2.24 bits per heavy atom. The highest BCUT2D eigenvalue weighted by atomic mass is 14.9. The van der Waals surface area contributed by atoms with Crippen LogP contribution in [0, 0.1) is 5.92 Å². The fourth-order valence-electron chi connectivity index (χ4n) is 3.71. The third-order valence-corrected chi connectivity index (χ3v) is 5.18. The molecule has 1 aromatic rings. The first-order valence-corrected chi connectivity index (χ1v) is 10.0. The van der Waals surface area contributed by atoms with Crippen molar-refractivity contribution in [1.29, 1.82) is 0 Å². The summed E-state index contributed by atoms with van der Waals surface area (Å²) in [6.45, 7) is 16.8. The molecule has 1 aromatic carbocycles. The van der Waals surface area contributed by atoms with Gasteiger partial charge in [-0.25, -0.2) is 0 Å². The smallest absolute Gasteiger partial charge is 0.0613 e. The van der Waals surface area contributed by atoms with Crippen molar-refractivity contribution in [3.05, 3.63) is 40.6 Å². The molecule has 1 aliphatic rings. The minimum absolute atomic E-state index is 0.501. The lowest BCUT2D eigenvalue weighted by atomic mass is 9.92. The minimum atomic E-state index is 0.501. The maximum atomic E-state index is 4.97. The number of allylic oxidation sites excluding steroid dienone is 2. The summed E-state index contributed by atoms with van der Waals surface area (Å²) in [4.78, 5) is 4.97. The second-order valence-electron chi connectivity index (χ2n) is 8.13. The number of aliphatic imine (C=N–C) groups is 1. The molecule has 1 atom stereocenters. The number of nitrogens with zero attached hydrogens (tertiary/aromatic N) is 1. The summed E-state index contributed by atoms with van der Waals surface area (Å²) >= 11 is 0. The van der Waals surface area contributed by atoms with Crippen LogP contribution in [0.3, 0.4) is 0 Å². The molecule has 1 N–H and O–H groups in total. The number of unbranched alkanes of at least 4 members (excludes halogenated alkanes) is 1. The van der Waals surface area contributed by atoms with Crippen LogP contribution >= 0.6 is 0 Å². The number of benzene rings is 1. The van der Waals surface area contributed by atoms with E-state index in [-0.39, 0.29) is 0 Å². The SMILES string of the molecule is CCCC/N=C1/C(Nc2c(C(C)C)cccc2C(C)C)=C(C)CC1C. The molecule has 0 aromatic heterocycles. The largest absolute Gasteiger partial charge is 0.354 e. The van der Waals surface area contributed by atoms with Gasteiger partial charge in [0.25, 0.3) is 0 Å². The van der Waals surface area contributed by atoms with Crippen LogP contribution < -0.4 is 5.32 Å². The molecule has 0 fully saturated rings. The van der Waals surface area contributed by atoms with Crippen molar-refractivity contribution in [2.45, 2.75) is 79.6 Å². The number of nitrogens with one attached hydrogen (secondary N) is 1. The van der Waals surface area contributed by atoms with E-state index in [1.165, 1.54) is 46.6 Å². The van der Waals surface area contributed by atoms with Gasteiger partial charge in [-0.1, -0.05) is 66.2 Å². The lowest BCUT2D eigenvalue weighted by Gasteiger charge is -2.22. The normalized spacial score (nSPS) is 19.6. The van der Waals surface area contributed by atoms with Crippen molar-refractivity contribution >= 4 is 11.4 Å². The molecule has 1 unspecified atom stereocenters. The van der Waals surface area contributed by atoms with E-state index in [9.17, 15) is 0 Å². The zero-order chi connectivity index (χ0) is 18.6. The van der Waals surface area contributed by atoms with Crippen molar-refractivity contribution < 1.29 is 0 Å². The fraction of sp³-hybridized carbons (Fsp3) is 0.609. The van der Waals surface area contributed by atoms with Crippen LogP contribution in [0.1, 0.15) is 90.7 Å². The van der Waals surface area contributed by atoms with E-state index in [2.05, 4.69) is 72.0 Å². The van der Waals surface area contributed by atoms with Gasteiger partial charge < -0.3 is 5.32 Å². The lowest BCUT2D eigenvalue weighted by molar-refractivity contribution is 0.765. The molecule has 2 rings (SSSR count). The maximum Gasteiger partial charge on any atom is 0.0613 e. The Morgan fingerprint density at radius 1 is 1.12 bits per heavy atom. The average molecular weight is 341 g/mol. The zero-order valence-electron chi connectivity index (χ0n) is 17.2. The molecule has 0 spiro atoms. The quantitative estimate of drug-likeness (QED) is 0.536. The first kappa shape index (κ1) is 19.8. The molecule has 0 saturated heterocycles. The molecule has 0 amide bonds. The van der Waals surface area contributed by atoms with Crippen LogP contribution in [-0.4, -0.2) is 12.3 Å². The first-order valence-electron chi connectivity index (χ1n) is 10.0. The molecular formula is C23H36N2. The third kappa shape index (κ3) is 4.54. The Balaban J connectivity index is 2.43. The Kier molecular flexibility index (Phi) is 6.87. The zero-order valence-corrected chi connectivity index (χ0v) is 17.2. The molecular weight excluding hydrogens is 304 g/mol. The molecule has 0 saturated carbocycles. The van der Waals surface area contributed by atoms with Crippen LogP contribution in [0.4, 0.5) is 5.69 Å². The third-order valence-electron chi connectivity index (χ3n) is 5.18. The highest BCUT2D eigenvalue weighted by molar-refractivity contribution is 6.07. The van der Waals surface area contributed by atoms with Gasteiger partial charge in [-0.15, -0.1) is 0 Å². The molecule has 0 bridgehead atoms. The second kappa shape index (κ2) is 8.69. The summed E-state index contributed by atoms with van der Waals surface area (Å²) in [7, 11) is 0. The molecule has 0 heterocycles. The maximum absolute atomic E-state index is 4.97. The van der Waals surface area contributed by atoms with Crippen LogP contribution in [-0.2, 0) is 0 Å². The fourth-order valence-corrected chi connectivity index (χ4v) is 3.71. The highest BCUT2D eigenvalue weighted by Gasteiger charge is 2.27. The van der Waals surface area contributed by atoms with E-state index >= 15 is 0 Å². The highest BCUT2D eigenvalue weighted by Crippen LogP contribution is 2.36. The van der Waals surface area contributed by atoms with E-state index in [0.29, 0.717) is 17.8 Å². The number of hydrogen-bond donors (Lipinski definition) is 1. The van der Waals surface area contributed by atoms with Crippen molar-refractivity contribution in [1.82, 2.24) is 0 Å². The molecule has 2 nitrogen and oxygen atoms in total. The minimum Gasteiger partial charge on any atom is -0.354 e. The lowest BCUT2D eigenvalue weighted by Crippen LogP contribution is -2.16. The van der Waals surface area contributed by atoms with Crippen LogP contribution in [0.15, 0.2) is 34.5 Å². The van der Waals surface area contributed by atoms with Gasteiger partial charge in [0, 0.05) is 18.2 Å². The average Bonchev–Trinajstić information content (AvgIpc) is 2.81. The summed E-state index contributed by atoms with van der Waals surface area (Å²) in [6.07, 6.45) is 3.49. The summed E-state index contributed by atoms with van der Waals surface area (Å²) < 4.78 is 0. The second-order valence-corrected chi connectivity index (χ2v) is 8.13. The Labute approximate surface area is 154 Å². The standard InChI is InChI=1S/C23H36N2/c1-8-9-13-24-21-17(6)14-18(7)22(21)25-23-19(15(2)3)11-10-12-20(23)16(4)5/h10-12,15-17,25H,8-9,13-14H2,1-7H3/b24-21+. The van der Waals surface area contributed by atoms with Crippen molar-refractivity contribution in [3.8, 4) is 0 Å². The van der Waals surface area contributed by atoms with Crippen molar-refractivity contribution in [2.75, 3.05) is 11.9 Å². The molecule has 0 radical (unpaired) electrons. The number of anilines is 1. The van der Waals surface area contributed by atoms with E-state index < -0.39 is 0 Å². The van der Waals surface area contributed by atoms with Gasteiger partial charge in [0.05, 0.1) is 11.4 Å². The van der Waals surface area contributed by atoms with Crippen molar-refractivity contribution in [2.24, 2.45) is 10.9 Å². The summed E-state index contributed by atoms with van der Waals surface area (Å²) in [6, 6.07) is 6.73.